The number of benzene rings is 2. The van der Waals surface area contributed by atoms with Crippen molar-refractivity contribution in [3.05, 3.63) is 81.8 Å². The fourth-order valence-electron chi connectivity index (χ4n) is 2.74. The van der Waals surface area contributed by atoms with Gasteiger partial charge in [-0.1, -0.05) is 30.3 Å². The normalized spacial score (nSPS) is 11.0. The number of hydrogen-bond acceptors (Lipinski definition) is 5. The first kappa shape index (κ1) is 18.2. The number of likely N-dealkylation sites (N-methyl/N-ethyl adjacent to an activating group) is 1. The Morgan fingerprint density at radius 3 is 2.63 bits per heavy atom. The minimum atomic E-state index is -0.473. The van der Waals surface area contributed by atoms with Gasteiger partial charge in [0.2, 0.25) is 5.91 Å². The second-order valence-corrected chi connectivity index (χ2v) is 6.09. The van der Waals surface area contributed by atoms with Crippen LogP contribution in [-0.2, 0) is 11.3 Å². The summed E-state index contributed by atoms with van der Waals surface area (Å²) in [6.07, 6.45) is 2.76. The van der Waals surface area contributed by atoms with E-state index < -0.39 is 4.92 Å². The second-order valence-electron chi connectivity index (χ2n) is 6.09. The third-order valence-corrected chi connectivity index (χ3v) is 4.13. The lowest BCUT2D eigenvalue weighted by Gasteiger charge is -2.15. The Kier molecular flexibility index (Phi) is 5.21. The summed E-state index contributed by atoms with van der Waals surface area (Å²) in [6.45, 7) is 2.15. The Hall–Kier alpha value is -3.61. The Morgan fingerprint density at radius 2 is 1.85 bits per heavy atom. The lowest BCUT2D eigenvalue weighted by Crippen LogP contribution is -2.25. The van der Waals surface area contributed by atoms with Crippen molar-refractivity contribution >= 4 is 28.6 Å². The fraction of sp³-hybridized carbons (Fsp3) is 0.150. The van der Waals surface area contributed by atoms with Crippen molar-refractivity contribution in [1.82, 2.24) is 14.9 Å². The number of rotatable bonds is 5. The number of para-hydroxylation sites is 2. The summed E-state index contributed by atoms with van der Waals surface area (Å²) in [5.41, 5.74) is 2.02. The van der Waals surface area contributed by atoms with Crippen molar-refractivity contribution in [2.24, 2.45) is 0 Å². The molecule has 1 aromatic heterocycles. The SMILES string of the molecule is Cc1nc(CN(C)C(=O)/C=C/c2ccccc2[N+](=O)[O-])nc2ccccc12. The summed E-state index contributed by atoms with van der Waals surface area (Å²) in [4.78, 5) is 33.4. The lowest BCUT2D eigenvalue weighted by atomic mass is 10.1. The van der Waals surface area contributed by atoms with Gasteiger partial charge in [-0.25, -0.2) is 9.97 Å². The highest BCUT2D eigenvalue weighted by Gasteiger charge is 2.12. The first-order valence-corrected chi connectivity index (χ1v) is 8.34. The van der Waals surface area contributed by atoms with E-state index in [1.54, 1.807) is 25.2 Å². The highest BCUT2D eigenvalue weighted by molar-refractivity contribution is 5.92. The number of nitro groups is 1. The van der Waals surface area contributed by atoms with Gasteiger partial charge >= 0.3 is 0 Å². The molecule has 0 atom stereocenters. The van der Waals surface area contributed by atoms with Crippen molar-refractivity contribution in [3.63, 3.8) is 0 Å². The molecule has 0 N–H and O–H groups in total. The van der Waals surface area contributed by atoms with Gasteiger partial charge in [-0.2, -0.15) is 0 Å². The van der Waals surface area contributed by atoms with Gasteiger partial charge in [0.25, 0.3) is 5.69 Å². The van der Waals surface area contributed by atoms with Crippen molar-refractivity contribution in [2.75, 3.05) is 7.05 Å². The molecule has 0 aliphatic carbocycles. The third kappa shape index (κ3) is 4.14. The maximum atomic E-state index is 12.4. The highest BCUT2D eigenvalue weighted by atomic mass is 16.6. The summed E-state index contributed by atoms with van der Waals surface area (Å²) in [6, 6.07) is 14.0. The van der Waals surface area contributed by atoms with Crippen LogP contribution >= 0.6 is 0 Å². The number of nitro benzene ring substituents is 1. The number of carbonyl (C=O) groups is 1. The molecule has 0 unspecified atom stereocenters. The quantitative estimate of drug-likeness (QED) is 0.393. The van der Waals surface area contributed by atoms with E-state index in [-0.39, 0.29) is 18.1 Å². The molecule has 0 fully saturated rings. The molecular formula is C20H18N4O3. The van der Waals surface area contributed by atoms with Crippen molar-refractivity contribution in [1.29, 1.82) is 0 Å². The smallest absolute Gasteiger partial charge is 0.276 e. The molecular weight excluding hydrogens is 344 g/mol. The minimum Gasteiger partial charge on any atom is -0.335 e. The van der Waals surface area contributed by atoms with Gasteiger partial charge < -0.3 is 4.90 Å². The summed E-state index contributed by atoms with van der Waals surface area (Å²) < 4.78 is 0. The van der Waals surface area contributed by atoms with E-state index >= 15 is 0 Å². The average molecular weight is 362 g/mol. The molecule has 27 heavy (non-hydrogen) atoms. The summed E-state index contributed by atoms with van der Waals surface area (Å²) in [5.74, 6) is 0.253. The molecule has 1 amide bonds. The van der Waals surface area contributed by atoms with E-state index in [1.807, 2.05) is 31.2 Å². The van der Waals surface area contributed by atoms with E-state index in [0.29, 0.717) is 11.4 Å². The van der Waals surface area contributed by atoms with E-state index in [0.717, 1.165) is 16.6 Å². The zero-order valence-corrected chi connectivity index (χ0v) is 15.0. The van der Waals surface area contributed by atoms with Crippen LogP contribution in [0.3, 0.4) is 0 Å². The van der Waals surface area contributed by atoms with Crippen molar-refractivity contribution in [3.8, 4) is 0 Å². The zero-order chi connectivity index (χ0) is 19.4. The fourth-order valence-corrected chi connectivity index (χ4v) is 2.74. The molecule has 0 saturated carbocycles. The molecule has 3 rings (SSSR count). The predicted molar refractivity (Wildman–Crippen MR) is 103 cm³/mol. The molecule has 0 aliphatic heterocycles. The molecule has 0 spiro atoms. The number of aryl methyl sites for hydroxylation is 1. The average Bonchev–Trinajstić information content (AvgIpc) is 2.66. The van der Waals surface area contributed by atoms with Gasteiger partial charge in [0, 0.05) is 30.3 Å². The Bertz CT molecular complexity index is 1050. The highest BCUT2D eigenvalue weighted by Crippen LogP contribution is 2.19. The van der Waals surface area contributed by atoms with Crippen LogP contribution in [0.25, 0.3) is 17.0 Å². The molecule has 1 heterocycles. The first-order chi connectivity index (χ1) is 13.0. The van der Waals surface area contributed by atoms with Crippen LogP contribution in [0.15, 0.2) is 54.6 Å². The van der Waals surface area contributed by atoms with Crippen LogP contribution in [-0.4, -0.2) is 32.7 Å². The van der Waals surface area contributed by atoms with Gasteiger partial charge in [0.1, 0.15) is 5.82 Å². The largest absolute Gasteiger partial charge is 0.335 e. The van der Waals surface area contributed by atoms with E-state index in [9.17, 15) is 14.9 Å². The van der Waals surface area contributed by atoms with Crippen LogP contribution in [0.2, 0.25) is 0 Å². The summed E-state index contributed by atoms with van der Waals surface area (Å²) in [5, 5.41) is 12.0. The van der Waals surface area contributed by atoms with Crippen molar-refractivity contribution in [2.45, 2.75) is 13.5 Å². The number of hydrogen-bond donors (Lipinski definition) is 0. The van der Waals surface area contributed by atoms with Crippen LogP contribution in [0.5, 0.6) is 0 Å². The molecule has 7 nitrogen and oxygen atoms in total. The standard InChI is InChI=1S/C20H18N4O3/c1-14-16-8-4-5-9-17(16)22-19(21-14)13-23(2)20(25)12-11-15-7-3-6-10-18(15)24(26)27/h3-12H,13H2,1-2H3/b12-11+. The van der Waals surface area contributed by atoms with Gasteiger partial charge in [-0.15, -0.1) is 0 Å². The second kappa shape index (κ2) is 7.74. The number of fused-ring (bicyclic) bond motifs is 1. The van der Waals surface area contributed by atoms with E-state index in [4.69, 9.17) is 0 Å². The molecule has 2 aromatic carbocycles. The number of carbonyl (C=O) groups excluding carboxylic acids is 1. The van der Waals surface area contributed by atoms with Crippen LogP contribution in [0, 0.1) is 17.0 Å². The van der Waals surface area contributed by atoms with Gasteiger partial charge in [0.05, 0.1) is 22.5 Å². The van der Waals surface area contributed by atoms with Gasteiger partial charge in [-0.3, -0.25) is 14.9 Å². The molecule has 7 heteroatoms. The maximum absolute atomic E-state index is 12.4. The lowest BCUT2D eigenvalue weighted by molar-refractivity contribution is -0.385. The Balaban J connectivity index is 1.76. The molecule has 3 aromatic rings. The molecule has 0 bridgehead atoms. The molecule has 0 radical (unpaired) electrons. The van der Waals surface area contributed by atoms with Crippen LogP contribution in [0.1, 0.15) is 17.1 Å². The Morgan fingerprint density at radius 1 is 1.15 bits per heavy atom. The first-order valence-electron chi connectivity index (χ1n) is 8.34. The molecule has 0 saturated heterocycles. The minimum absolute atomic E-state index is 0.0438. The molecule has 0 aliphatic rings. The van der Waals surface area contributed by atoms with E-state index in [2.05, 4.69) is 9.97 Å². The summed E-state index contributed by atoms with van der Waals surface area (Å²) in [7, 11) is 1.64. The Labute approximate surface area is 156 Å². The molecule has 136 valence electrons. The monoisotopic (exact) mass is 362 g/mol. The van der Waals surface area contributed by atoms with Gasteiger partial charge in [0.15, 0.2) is 0 Å². The maximum Gasteiger partial charge on any atom is 0.276 e. The van der Waals surface area contributed by atoms with Crippen LogP contribution in [0.4, 0.5) is 5.69 Å². The van der Waals surface area contributed by atoms with Crippen molar-refractivity contribution < 1.29 is 9.72 Å². The summed E-state index contributed by atoms with van der Waals surface area (Å²) >= 11 is 0. The van der Waals surface area contributed by atoms with Gasteiger partial charge in [-0.05, 0) is 25.1 Å². The topological polar surface area (TPSA) is 89.2 Å². The number of amides is 1. The zero-order valence-electron chi connectivity index (χ0n) is 15.0. The van der Waals surface area contributed by atoms with Crippen LogP contribution < -0.4 is 0 Å². The number of nitrogens with zero attached hydrogens (tertiary/aromatic N) is 4. The number of aromatic nitrogens is 2. The predicted octanol–water partition coefficient (Wildman–Crippen LogP) is 3.52. The third-order valence-electron chi connectivity index (χ3n) is 4.13. The van der Waals surface area contributed by atoms with E-state index in [1.165, 1.54) is 23.1 Å².